The number of rotatable bonds is 6. The molecule has 3 aromatic rings. The largest absolute Gasteiger partial charge is 0.465 e. The average Bonchev–Trinajstić information content (AvgIpc) is 3.43. The predicted octanol–water partition coefficient (Wildman–Crippen LogP) is 3.85. The quantitative estimate of drug-likeness (QED) is 0.447. The molecule has 0 aliphatic carbocycles. The molecule has 154 valence electrons. The van der Waals surface area contributed by atoms with Crippen molar-refractivity contribution in [2.45, 2.75) is 19.4 Å². The molecule has 0 spiro atoms. The number of hydrogen-bond donors (Lipinski definition) is 2. The lowest BCUT2D eigenvalue weighted by Gasteiger charge is -2.22. The highest BCUT2D eigenvalue weighted by atomic mass is 32.2. The molecule has 4 rings (SSSR count). The summed E-state index contributed by atoms with van der Waals surface area (Å²) in [7, 11) is 0. The van der Waals surface area contributed by atoms with Crippen LogP contribution in [0.4, 0.5) is 4.39 Å². The molecule has 0 radical (unpaired) electrons. The van der Waals surface area contributed by atoms with Crippen molar-refractivity contribution in [2.24, 2.45) is 0 Å². The van der Waals surface area contributed by atoms with E-state index in [0.29, 0.717) is 28.0 Å². The second-order valence-corrected chi connectivity index (χ2v) is 8.46. The van der Waals surface area contributed by atoms with Crippen LogP contribution in [0.15, 0.2) is 52.1 Å². The molecule has 2 amide bonds. The van der Waals surface area contributed by atoms with Gasteiger partial charge in [-0.05, 0) is 49.2 Å². The number of aromatic amines is 1. The SMILES string of the molecule is CC(C(=O)NCCc1c[nH]c2ccc(F)cc12)N1C(=O)/C(=C\c2ccco2)SC1=S. The van der Waals surface area contributed by atoms with Crippen molar-refractivity contribution in [3.05, 3.63) is 64.8 Å². The second kappa shape index (κ2) is 8.45. The van der Waals surface area contributed by atoms with Crippen LogP contribution < -0.4 is 5.32 Å². The summed E-state index contributed by atoms with van der Waals surface area (Å²) in [5.74, 6) is -0.395. The maximum absolute atomic E-state index is 13.5. The predicted molar refractivity (Wildman–Crippen MR) is 118 cm³/mol. The fourth-order valence-corrected chi connectivity index (χ4v) is 4.66. The van der Waals surface area contributed by atoms with Gasteiger partial charge in [-0.1, -0.05) is 24.0 Å². The number of thioether (sulfide) groups is 1. The van der Waals surface area contributed by atoms with Gasteiger partial charge in [0.1, 0.15) is 21.9 Å². The Hall–Kier alpha value is -2.91. The summed E-state index contributed by atoms with van der Waals surface area (Å²) in [6.07, 6.45) is 5.46. The fourth-order valence-electron chi connectivity index (χ4n) is 3.26. The van der Waals surface area contributed by atoms with Crippen molar-refractivity contribution in [2.75, 3.05) is 6.54 Å². The maximum atomic E-state index is 13.5. The lowest BCUT2D eigenvalue weighted by molar-refractivity contribution is -0.132. The molecule has 0 saturated carbocycles. The van der Waals surface area contributed by atoms with Crippen molar-refractivity contribution >= 4 is 57.1 Å². The highest BCUT2D eigenvalue weighted by molar-refractivity contribution is 8.26. The number of carbonyl (C=O) groups is 2. The number of nitrogens with zero attached hydrogens (tertiary/aromatic N) is 1. The molecule has 0 bridgehead atoms. The van der Waals surface area contributed by atoms with Crippen LogP contribution in [-0.2, 0) is 16.0 Å². The van der Waals surface area contributed by atoms with Gasteiger partial charge in [0.25, 0.3) is 5.91 Å². The van der Waals surface area contributed by atoms with E-state index in [1.807, 2.05) is 0 Å². The molecule has 1 aliphatic heterocycles. The third-order valence-corrected chi connectivity index (χ3v) is 6.16. The summed E-state index contributed by atoms with van der Waals surface area (Å²) in [4.78, 5) is 30.1. The summed E-state index contributed by atoms with van der Waals surface area (Å²) in [5.41, 5.74) is 1.75. The highest BCUT2D eigenvalue weighted by Crippen LogP contribution is 2.34. The van der Waals surface area contributed by atoms with E-state index in [1.165, 1.54) is 23.3 Å². The minimum atomic E-state index is -0.750. The molecule has 1 aromatic carbocycles. The molecule has 1 saturated heterocycles. The van der Waals surface area contributed by atoms with Crippen molar-refractivity contribution in [1.82, 2.24) is 15.2 Å². The van der Waals surface area contributed by atoms with Gasteiger partial charge in [0.2, 0.25) is 5.91 Å². The number of halogens is 1. The molecular formula is C21H18FN3O3S2. The Labute approximate surface area is 181 Å². The molecule has 6 nitrogen and oxygen atoms in total. The molecule has 1 aliphatic rings. The summed E-state index contributed by atoms with van der Waals surface area (Å²) in [5, 5.41) is 3.62. The van der Waals surface area contributed by atoms with Crippen LogP contribution in [-0.4, -0.2) is 38.6 Å². The van der Waals surface area contributed by atoms with Gasteiger partial charge in [-0.3, -0.25) is 14.5 Å². The zero-order valence-electron chi connectivity index (χ0n) is 16.0. The van der Waals surface area contributed by atoms with Gasteiger partial charge < -0.3 is 14.7 Å². The zero-order valence-corrected chi connectivity index (χ0v) is 17.6. The molecule has 2 aromatic heterocycles. The second-order valence-electron chi connectivity index (χ2n) is 6.79. The van der Waals surface area contributed by atoms with E-state index in [0.717, 1.165) is 28.2 Å². The van der Waals surface area contributed by atoms with Crippen molar-refractivity contribution in [3.63, 3.8) is 0 Å². The Morgan fingerprint density at radius 2 is 2.27 bits per heavy atom. The van der Waals surface area contributed by atoms with Crippen LogP contribution in [0, 0.1) is 5.82 Å². The molecule has 2 N–H and O–H groups in total. The number of aromatic nitrogens is 1. The number of carbonyl (C=O) groups excluding carboxylic acids is 2. The van der Waals surface area contributed by atoms with Gasteiger partial charge in [0, 0.05) is 29.7 Å². The van der Waals surface area contributed by atoms with Crippen LogP contribution in [0.25, 0.3) is 17.0 Å². The van der Waals surface area contributed by atoms with Crippen LogP contribution in [0.5, 0.6) is 0 Å². The minimum Gasteiger partial charge on any atom is -0.465 e. The summed E-state index contributed by atoms with van der Waals surface area (Å²) >= 11 is 6.44. The highest BCUT2D eigenvalue weighted by Gasteiger charge is 2.38. The van der Waals surface area contributed by atoms with Gasteiger partial charge in [0.05, 0.1) is 11.2 Å². The van der Waals surface area contributed by atoms with Gasteiger partial charge in [-0.2, -0.15) is 0 Å². The average molecular weight is 444 g/mol. The van der Waals surface area contributed by atoms with E-state index in [2.05, 4.69) is 10.3 Å². The number of fused-ring (bicyclic) bond motifs is 1. The third kappa shape index (κ3) is 4.03. The molecule has 9 heteroatoms. The van der Waals surface area contributed by atoms with Crippen LogP contribution in [0.3, 0.4) is 0 Å². The first-order valence-electron chi connectivity index (χ1n) is 9.28. The van der Waals surface area contributed by atoms with Crippen molar-refractivity contribution in [1.29, 1.82) is 0 Å². The Bertz CT molecular complexity index is 1150. The summed E-state index contributed by atoms with van der Waals surface area (Å²) < 4.78 is 19.1. The first-order valence-corrected chi connectivity index (χ1v) is 10.5. The Morgan fingerprint density at radius 1 is 1.43 bits per heavy atom. The smallest absolute Gasteiger partial charge is 0.267 e. The number of furan rings is 1. The first-order chi connectivity index (χ1) is 14.4. The fraction of sp³-hybridized carbons (Fsp3) is 0.190. The number of thiocarbonyl (C=S) groups is 1. The topological polar surface area (TPSA) is 78.3 Å². The zero-order chi connectivity index (χ0) is 21.3. The van der Waals surface area contributed by atoms with Gasteiger partial charge in [-0.15, -0.1) is 0 Å². The van der Waals surface area contributed by atoms with Crippen molar-refractivity contribution < 1.29 is 18.4 Å². The van der Waals surface area contributed by atoms with E-state index in [1.54, 1.807) is 37.4 Å². The molecule has 1 atom stereocenters. The number of hydrogen-bond acceptors (Lipinski definition) is 5. The first kappa shape index (κ1) is 20.4. The summed E-state index contributed by atoms with van der Waals surface area (Å²) in [6, 6.07) is 7.26. The number of benzene rings is 1. The summed E-state index contributed by atoms with van der Waals surface area (Å²) in [6.45, 7) is 1.99. The van der Waals surface area contributed by atoms with Crippen LogP contribution in [0.1, 0.15) is 18.2 Å². The standard InChI is InChI=1S/C21H18FN3O3S2/c1-12(25-20(27)18(30-21(25)29)10-15-3-2-8-28-15)19(26)23-7-6-13-11-24-17-5-4-14(22)9-16(13)17/h2-5,8-12,24H,6-7H2,1H3,(H,23,26)/b18-10+. The van der Waals surface area contributed by atoms with Gasteiger partial charge >= 0.3 is 0 Å². The van der Waals surface area contributed by atoms with E-state index in [9.17, 15) is 14.0 Å². The Kier molecular flexibility index (Phi) is 5.74. The van der Waals surface area contributed by atoms with Crippen LogP contribution >= 0.6 is 24.0 Å². The molecule has 1 fully saturated rings. The van der Waals surface area contributed by atoms with Gasteiger partial charge in [0.15, 0.2) is 0 Å². The van der Waals surface area contributed by atoms with Gasteiger partial charge in [-0.25, -0.2) is 4.39 Å². The van der Waals surface area contributed by atoms with E-state index < -0.39 is 6.04 Å². The molecule has 30 heavy (non-hydrogen) atoms. The van der Waals surface area contributed by atoms with E-state index in [-0.39, 0.29) is 17.6 Å². The molecule has 1 unspecified atom stereocenters. The normalized spacial score (nSPS) is 16.6. The Balaban J connectivity index is 1.38. The lowest BCUT2D eigenvalue weighted by atomic mass is 10.1. The monoisotopic (exact) mass is 443 g/mol. The number of nitrogens with one attached hydrogen (secondary N) is 2. The van der Waals surface area contributed by atoms with Crippen LogP contribution in [0.2, 0.25) is 0 Å². The molecular weight excluding hydrogens is 425 g/mol. The van der Waals surface area contributed by atoms with E-state index in [4.69, 9.17) is 16.6 Å². The minimum absolute atomic E-state index is 0.307. The number of amides is 2. The third-order valence-electron chi connectivity index (χ3n) is 4.83. The lowest BCUT2D eigenvalue weighted by Crippen LogP contribution is -2.47. The molecule has 3 heterocycles. The van der Waals surface area contributed by atoms with Crippen molar-refractivity contribution in [3.8, 4) is 0 Å². The Morgan fingerprint density at radius 3 is 3.03 bits per heavy atom. The number of H-pyrrole nitrogens is 1. The van der Waals surface area contributed by atoms with E-state index >= 15 is 0 Å². The maximum Gasteiger partial charge on any atom is 0.267 e.